The van der Waals surface area contributed by atoms with Crippen LogP contribution in [0.2, 0.25) is 0 Å². The Morgan fingerprint density at radius 2 is 1.88 bits per heavy atom. The molecule has 7 nitrogen and oxygen atoms in total. The van der Waals surface area contributed by atoms with E-state index >= 15 is 0 Å². The van der Waals surface area contributed by atoms with E-state index in [0.29, 0.717) is 12.8 Å². The SMILES string of the molecule is CCC(CC)(CN)NC(=O)c1ccc2c(c1)S(=O)(=O)N(C(C)C)C2=O. The quantitative estimate of drug-likeness (QED) is 0.791. The summed E-state index contributed by atoms with van der Waals surface area (Å²) in [6, 6.07) is 3.65. The molecule has 0 aliphatic carbocycles. The molecule has 0 aromatic heterocycles. The van der Waals surface area contributed by atoms with Gasteiger partial charge < -0.3 is 11.1 Å². The van der Waals surface area contributed by atoms with Crippen LogP contribution in [-0.2, 0) is 10.0 Å². The second kappa shape index (κ2) is 6.76. The van der Waals surface area contributed by atoms with E-state index < -0.39 is 33.4 Å². The molecule has 0 fully saturated rings. The van der Waals surface area contributed by atoms with Gasteiger partial charge in [0.25, 0.3) is 21.8 Å². The van der Waals surface area contributed by atoms with Gasteiger partial charge in [-0.05, 0) is 44.9 Å². The molecule has 0 saturated carbocycles. The van der Waals surface area contributed by atoms with Crippen LogP contribution in [-0.4, -0.2) is 42.7 Å². The summed E-state index contributed by atoms with van der Waals surface area (Å²) in [6.45, 7) is 7.42. The number of nitrogens with zero attached hydrogens (tertiary/aromatic N) is 1. The highest BCUT2D eigenvalue weighted by molar-refractivity contribution is 7.90. The maximum absolute atomic E-state index is 12.6. The molecule has 0 saturated heterocycles. The summed E-state index contributed by atoms with van der Waals surface area (Å²) in [7, 11) is -3.93. The maximum Gasteiger partial charge on any atom is 0.269 e. The van der Waals surface area contributed by atoms with Gasteiger partial charge in [0, 0.05) is 18.2 Å². The van der Waals surface area contributed by atoms with E-state index in [1.807, 2.05) is 13.8 Å². The van der Waals surface area contributed by atoms with Gasteiger partial charge in [-0.3, -0.25) is 9.59 Å². The molecule has 0 radical (unpaired) electrons. The Hall–Kier alpha value is -1.93. The smallest absolute Gasteiger partial charge is 0.269 e. The van der Waals surface area contributed by atoms with Crippen LogP contribution < -0.4 is 11.1 Å². The van der Waals surface area contributed by atoms with E-state index in [1.165, 1.54) is 18.2 Å². The molecule has 25 heavy (non-hydrogen) atoms. The Morgan fingerprint density at radius 1 is 1.28 bits per heavy atom. The number of nitrogens with one attached hydrogen (secondary N) is 1. The van der Waals surface area contributed by atoms with E-state index in [9.17, 15) is 18.0 Å². The number of sulfonamides is 1. The molecular weight excluding hydrogens is 342 g/mol. The summed E-state index contributed by atoms with van der Waals surface area (Å²) < 4.78 is 26.1. The normalized spacial score (nSPS) is 16.2. The first-order valence-electron chi connectivity index (χ1n) is 8.39. The average molecular weight is 367 g/mol. The summed E-state index contributed by atoms with van der Waals surface area (Å²) in [5, 5.41) is 2.90. The minimum atomic E-state index is -3.93. The third kappa shape index (κ3) is 3.16. The van der Waals surface area contributed by atoms with Gasteiger partial charge in [0.2, 0.25) is 0 Å². The first kappa shape index (κ1) is 19.4. The maximum atomic E-state index is 12.6. The first-order chi connectivity index (χ1) is 11.6. The molecule has 0 unspecified atom stereocenters. The fraction of sp³-hybridized carbons (Fsp3) is 0.529. The van der Waals surface area contributed by atoms with Gasteiger partial charge in [-0.15, -0.1) is 0 Å². The lowest BCUT2D eigenvalue weighted by Crippen LogP contribution is -2.52. The van der Waals surface area contributed by atoms with Gasteiger partial charge in [-0.1, -0.05) is 13.8 Å². The predicted molar refractivity (Wildman–Crippen MR) is 94.8 cm³/mol. The van der Waals surface area contributed by atoms with E-state index in [4.69, 9.17) is 5.73 Å². The van der Waals surface area contributed by atoms with E-state index in [2.05, 4.69) is 5.32 Å². The van der Waals surface area contributed by atoms with Crippen molar-refractivity contribution >= 4 is 21.8 Å². The number of hydrogen-bond acceptors (Lipinski definition) is 5. The second-order valence-corrected chi connectivity index (χ2v) is 8.34. The largest absolute Gasteiger partial charge is 0.345 e. The topological polar surface area (TPSA) is 110 Å². The van der Waals surface area contributed by atoms with Crippen LogP contribution in [0.1, 0.15) is 61.3 Å². The molecule has 0 atom stereocenters. The average Bonchev–Trinajstić information content (AvgIpc) is 2.78. The molecule has 138 valence electrons. The zero-order chi connectivity index (χ0) is 19.0. The molecular formula is C17H25N3O4S. The van der Waals surface area contributed by atoms with E-state index in [0.717, 1.165) is 4.31 Å². The molecule has 2 rings (SSSR count). The van der Waals surface area contributed by atoms with Crippen molar-refractivity contribution in [2.45, 2.75) is 57.0 Å². The minimum Gasteiger partial charge on any atom is -0.345 e. The summed E-state index contributed by atoms with van der Waals surface area (Å²) in [5.74, 6) is -0.960. The van der Waals surface area contributed by atoms with Crippen LogP contribution in [0, 0.1) is 0 Å². The number of amides is 2. The standard InChI is InChI=1S/C17H25N3O4S/c1-5-17(6-2,10-18)19-15(21)12-7-8-13-14(9-12)25(23,24)20(11(3)4)16(13)22/h7-9,11H,5-6,10,18H2,1-4H3,(H,19,21). The van der Waals surface area contributed by atoms with Crippen molar-refractivity contribution < 1.29 is 18.0 Å². The van der Waals surface area contributed by atoms with Crippen molar-refractivity contribution in [2.24, 2.45) is 5.73 Å². The third-order valence-corrected chi connectivity index (χ3v) is 6.80. The zero-order valence-corrected chi connectivity index (χ0v) is 15.8. The van der Waals surface area contributed by atoms with Crippen LogP contribution in [0.3, 0.4) is 0 Å². The number of carbonyl (C=O) groups is 2. The lowest BCUT2D eigenvalue weighted by atomic mass is 9.92. The zero-order valence-electron chi connectivity index (χ0n) is 15.0. The highest BCUT2D eigenvalue weighted by Gasteiger charge is 2.43. The van der Waals surface area contributed by atoms with Crippen LogP contribution >= 0.6 is 0 Å². The van der Waals surface area contributed by atoms with Crippen molar-refractivity contribution in [3.05, 3.63) is 29.3 Å². The Morgan fingerprint density at radius 3 is 2.36 bits per heavy atom. The van der Waals surface area contributed by atoms with Gasteiger partial charge in [0.05, 0.1) is 11.1 Å². The summed E-state index contributed by atoms with van der Waals surface area (Å²) >= 11 is 0. The Bertz CT molecular complexity index is 790. The molecule has 1 aliphatic heterocycles. The van der Waals surface area contributed by atoms with Crippen LogP contribution in [0.4, 0.5) is 0 Å². The van der Waals surface area contributed by atoms with Crippen molar-refractivity contribution in [2.75, 3.05) is 6.54 Å². The van der Waals surface area contributed by atoms with E-state index in [1.54, 1.807) is 13.8 Å². The Kier molecular flexibility index (Phi) is 5.24. The molecule has 0 spiro atoms. The Balaban J connectivity index is 2.43. The van der Waals surface area contributed by atoms with Crippen LogP contribution in [0.25, 0.3) is 0 Å². The fourth-order valence-electron chi connectivity index (χ4n) is 2.98. The number of carbonyl (C=O) groups excluding carboxylic acids is 2. The van der Waals surface area contributed by atoms with Crippen molar-refractivity contribution in [1.82, 2.24) is 9.62 Å². The minimum absolute atomic E-state index is 0.0984. The van der Waals surface area contributed by atoms with Crippen molar-refractivity contribution in [1.29, 1.82) is 0 Å². The summed E-state index contributed by atoms with van der Waals surface area (Å²) in [4.78, 5) is 24.8. The molecule has 1 aromatic rings. The summed E-state index contributed by atoms with van der Waals surface area (Å²) in [6.07, 6.45) is 1.32. The monoisotopic (exact) mass is 367 g/mol. The number of benzene rings is 1. The Labute approximate surface area is 148 Å². The molecule has 1 heterocycles. The molecule has 2 amide bonds. The molecule has 1 aliphatic rings. The van der Waals surface area contributed by atoms with Crippen molar-refractivity contribution in [3.8, 4) is 0 Å². The van der Waals surface area contributed by atoms with Crippen LogP contribution in [0.15, 0.2) is 23.1 Å². The number of nitrogens with two attached hydrogens (primary N) is 1. The fourth-order valence-corrected chi connectivity index (χ4v) is 4.77. The molecule has 3 N–H and O–H groups in total. The van der Waals surface area contributed by atoms with Gasteiger partial charge in [-0.25, -0.2) is 12.7 Å². The highest BCUT2D eigenvalue weighted by Crippen LogP contribution is 2.32. The summed E-state index contributed by atoms with van der Waals surface area (Å²) in [5.41, 5.74) is 5.56. The van der Waals surface area contributed by atoms with Gasteiger partial charge in [0.15, 0.2) is 0 Å². The third-order valence-electron chi connectivity index (χ3n) is 4.80. The number of fused-ring (bicyclic) bond motifs is 1. The van der Waals surface area contributed by atoms with Crippen molar-refractivity contribution in [3.63, 3.8) is 0 Å². The number of rotatable bonds is 6. The molecule has 8 heteroatoms. The van der Waals surface area contributed by atoms with Gasteiger partial charge in [0.1, 0.15) is 4.90 Å². The van der Waals surface area contributed by atoms with Gasteiger partial charge in [-0.2, -0.15) is 0 Å². The highest BCUT2D eigenvalue weighted by atomic mass is 32.2. The first-order valence-corrected chi connectivity index (χ1v) is 9.83. The predicted octanol–water partition coefficient (Wildman–Crippen LogP) is 1.49. The molecule has 1 aromatic carbocycles. The number of hydrogen-bond donors (Lipinski definition) is 2. The van der Waals surface area contributed by atoms with Gasteiger partial charge >= 0.3 is 0 Å². The lowest BCUT2D eigenvalue weighted by Gasteiger charge is -2.31. The molecule has 0 bridgehead atoms. The van der Waals surface area contributed by atoms with Crippen LogP contribution in [0.5, 0.6) is 0 Å². The second-order valence-electron chi connectivity index (χ2n) is 6.56. The van der Waals surface area contributed by atoms with E-state index in [-0.39, 0.29) is 22.6 Å². The lowest BCUT2D eigenvalue weighted by molar-refractivity contribution is 0.0843.